The molecular formula is C22H20N4O2. The number of hydrogen-bond donors (Lipinski definition) is 1. The van der Waals surface area contributed by atoms with Crippen LogP contribution in [-0.2, 0) is 6.54 Å². The van der Waals surface area contributed by atoms with Gasteiger partial charge >= 0.3 is 0 Å². The number of carbonyl (C=O) groups excluding carboxylic acids is 1. The third-order valence-electron chi connectivity index (χ3n) is 4.45. The zero-order valence-electron chi connectivity index (χ0n) is 15.4. The van der Waals surface area contributed by atoms with E-state index in [0.717, 1.165) is 17.0 Å². The molecule has 0 aliphatic carbocycles. The van der Waals surface area contributed by atoms with Gasteiger partial charge in [0.15, 0.2) is 5.82 Å². The Morgan fingerprint density at radius 1 is 1.00 bits per heavy atom. The third-order valence-corrected chi connectivity index (χ3v) is 4.45. The molecule has 0 radical (unpaired) electrons. The van der Waals surface area contributed by atoms with Crippen LogP contribution in [0.15, 0.2) is 85.3 Å². The highest BCUT2D eigenvalue weighted by molar-refractivity contribution is 5.97. The van der Waals surface area contributed by atoms with Gasteiger partial charge in [-0.25, -0.2) is 4.68 Å². The minimum atomic E-state index is -0.179. The molecule has 0 aliphatic rings. The number of carbonyl (C=O) groups is 1. The average Bonchev–Trinajstić information content (AvgIpc) is 3.42. The first-order valence-electron chi connectivity index (χ1n) is 8.94. The fourth-order valence-corrected chi connectivity index (χ4v) is 3.01. The highest BCUT2D eigenvalue weighted by atomic mass is 16.5. The van der Waals surface area contributed by atoms with Crippen molar-refractivity contribution >= 4 is 5.91 Å². The van der Waals surface area contributed by atoms with E-state index in [2.05, 4.69) is 10.4 Å². The highest BCUT2D eigenvalue weighted by Gasteiger charge is 2.19. The molecule has 0 aliphatic heterocycles. The predicted octanol–water partition coefficient (Wildman–Crippen LogP) is 3.60. The molecule has 6 nitrogen and oxygen atoms in total. The summed E-state index contributed by atoms with van der Waals surface area (Å²) in [5.41, 5.74) is 2.39. The molecule has 0 saturated heterocycles. The number of para-hydroxylation sites is 1. The van der Waals surface area contributed by atoms with Crippen molar-refractivity contribution in [3.8, 4) is 17.3 Å². The summed E-state index contributed by atoms with van der Waals surface area (Å²) in [4.78, 5) is 12.9. The van der Waals surface area contributed by atoms with E-state index in [1.807, 2.05) is 83.7 Å². The van der Waals surface area contributed by atoms with Crippen LogP contribution in [0.3, 0.4) is 0 Å². The van der Waals surface area contributed by atoms with E-state index >= 15 is 0 Å². The Morgan fingerprint density at radius 2 is 1.71 bits per heavy atom. The van der Waals surface area contributed by atoms with Gasteiger partial charge in [0, 0.05) is 18.9 Å². The van der Waals surface area contributed by atoms with Crippen LogP contribution in [0, 0.1) is 0 Å². The standard InChI is InChI=1S/C22H20N4O2/c1-28-19-11-9-17(10-12-19)15-23-21(27)20-16-24-26(18-7-3-2-4-8-18)22(20)25-13-5-6-14-25/h2-14,16H,15H2,1H3,(H,23,27). The van der Waals surface area contributed by atoms with Gasteiger partial charge < -0.3 is 14.6 Å². The fourth-order valence-electron chi connectivity index (χ4n) is 3.01. The molecule has 0 atom stereocenters. The van der Waals surface area contributed by atoms with Crippen molar-refractivity contribution in [2.75, 3.05) is 7.11 Å². The van der Waals surface area contributed by atoms with Crippen molar-refractivity contribution < 1.29 is 9.53 Å². The first-order chi connectivity index (χ1) is 13.8. The van der Waals surface area contributed by atoms with Crippen LogP contribution in [0.5, 0.6) is 5.75 Å². The maximum atomic E-state index is 12.9. The van der Waals surface area contributed by atoms with Crippen LogP contribution in [0.4, 0.5) is 0 Å². The Balaban J connectivity index is 1.61. The molecule has 1 amide bonds. The van der Waals surface area contributed by atoms with Crippen molar-refractivity contribution in [2.45, 2.75) is 6.54 Å². The zero-order valence-corrected chi connectivity index (χ0v) is 15.4. The number of amides is 1. The normalized spacial score (nSPS) is 10.6. The molecule has 140 valence electrons. The van der Waals surface area contributed by atoms with E-state index in [0.29, 0.717) is 17.9 Å². The van der Waals surface area contributed by atoms with E-state index in [-0.39, 0.29) is 5.91 Å². The predicted molar refractivity (Wildman–Crippen MR) is 107 cm³/mol. The molecule has 0 bridgehead atoms. The van der Waals surface area contributed by atoms with Gasteiger partial charge in [-0.05, 0) is 42.0 Å². The zero-order chi connectivity index (χ0) is 19.3. The maximum absolute atomic E-state index is 12.9. The largest absolute Gasteiger partial charge is 0.497 e. The van der Waals surface area contributed by atoms with Crippen LogP contribution in [0.25, 0.3) is 11.5 Å². The molecule has 28 heavy (non-hydrogen) atoms. The topological polar surface area (TPSA) is 61.1 Å². The molecule has 6 heteroatoms. The van der Waals surface area contributed by atoms with Crippen LogP contribution in [0.1, 0.15) is 15.9 Å². The van der Waals surface area contributed by atoms with Gasteiger partial charge in [-0.15, -0.1) is 0 Å². The fraction of sp³-hybridized carbons (Fsp3) is 0.0909. The van der Waals surface area contributed by atoms with Gasteiger partial charge in [-0.3, -0.25) is 4.79 Å². The lowest BCUT2D eigenvalue weighted by Gasteiger charge is -2.11. The van der Waals surface area contributed by atoms with Crippen LogP contribution in [-0.4, -0.2) is 27.4 Å². The van der Waals surface area contributed by atoms with Crippen molar-refractivity contribution in [2.24, 2.45) is 0 Å². The van der Waals surface area contributed by atoms with Gasteiger partial charge in [0.05, 0.1) is 19.0 Å². The van der Waals surface area contributed by atoms with Crippen LogP contribution >= 0.6 is 0 Å². The van der Waals surface area contributed by atoms with Crippen LogP contribution < -0.4 is 10.1 Å². The molecule has 2 heterocycles. The Hall–Kier alpha value is -3.80. The summed E-state index contributed by atoms with van der Waals surface area (Å²) < 4.78 is 8.82. The molecule has 0 unspecified atom stereocenters. The molecule has 1 N–H and O–H groups in total. The van der Waals surface area contributed by atoms with Crippen molar-refractivity contribution in [3.05, 3.63) is 96.4 Å². The van der Waals surface area contributed by atoms with Gasteiger partial charge in [0.2, 0.25) is 0 Å². The number of methoxy groups -OCH3 is 1. The molecule has 2 aromatic carbocycles. The third kappa shape index (κ3) is 3.53. The Kier molecular flexibility index (Phi) is 4.93. The number of nitrogens with one attached hydrogen (secondary N) is 1. The lowest BCUT2D eigenvalue weighted by atomic mass is 10.2. The van der Waals surface area contributed by atoms with Crippen molar-refractivity contribution in [1.29, 1.82) is 0 Å². The summed E-state index contributed by atoms with van der Waals surface area (Å²) in [5.74, 6) is 1.30. The minimum Gasteiger partial charge on any atom is -0.497 e. The SMILES string of the molecule is COc1ccc(CNC(=O)c2cnn(-c3ccccc3)c2-n2cccc2)cc1. The second-order valence-electron chi connectivity index (χ2n) is 6.25. The van der Waals surface area contributed by atoms with E-state index in [1.165, 1.54) is 0 Å². The summed E-state index contributed by atoms with van der Waals surface area (Å²) in [6, 6.07) is 21.2. The summed E-state index contributed by atoms with van der Waals surface area (Å²) in [5, 5.41) is 7.43. The van der Waals surface area contributed by atoms with E-state index in [1.54, 1.807) is 18.0 Å². The smallest absolute Gasteiger partial charge is 0.256 e. The lowest BCUT2D eigenvalue weighted by molar-refractivity contribution is 0.0951. The number of ether oxygens (including phenoxy) is 1. The molecule has 2 aromatic heterocycles. The highest BCUT2D eigenvalue weighted by Crippen LogP contribution is 2.20. The summed E-state index contributed by atoms with van der Waals surface area (Å²) in [7, 11) is 1.63. The summed E-state index contributed by atoms with van der Waals surface area (Å²) >= 11 is 0. The van der Waals surface area contributed by atoms with Gasteiger partial charge in [-0.1, -0.05) is 30.3 Å². The van der Waals surface area contributed by atoms with E-state index in [4.69, 9.17) is 4.74 Å². The number of nitrogens with zero attached hydrogens (tertiary/aromatic N) is 3. The first kappa shape index (κ1) is 17.6. The van der Waals surface area contributed by atoms with E-state index < -0.39 is 0 Å². The van der Waals surface area contributed by atoms with Crippen LogP contribution in [0.2, 0.25) is 0 Å². The van der Waals surface area contributed by atoms with Crippen molar-refractivity contribution in [1.82, 2.24) is 19.7 Å². The van der Waals surface area contributed by atoms with Crippen molar-refractivity contribution in [3.63, 3.8) is 0 Å². The molecule has 0 spiro atoms. The number of hydrogen-bond acceptors (Lipinski definition) is 3. The summed E-state index contributed by atoms with van der Waals surface area (Å²) in [6.07, 6.45) is 5.40. The Morgan fingerprint density at radius 3 is 2.39 bits per heavy atom. The Bertz CT molecular complexity index is 1050. The maximum Gasteiger partial charge on any atom is 0.256 e. The van der Waals surface area contributed by atoms with Gasteiger partial charge in [-0.2, -0.15) is 5.10 Å². The Labute approximate surface area is 163 Å². The first-order valence-corrected chi connectivity index (χ1v) is 8.94. The van der Waals surface area contributed by atoms with Gasteiger partial charge in [0.1, 0.15) is 11.3 Å². The molecular weight excluding hydrogens is 352 g/mol. The van der Waals surface area contributed by atoms with Gasteiger partial charge in [0.25, 0.3) is 5.91 Å². The minimum absolute atomic E-state index is 0.179. The molecule has 4 aromatic rings. The number of benzene rings is 2. The quantitative estimate of drug-likeness (QED) is 0.563. The summed E-state index contributed by atoms with van der Waals surface area (Å²) in [6.45, 7) is 0.421. The van der Waals surface area contributed by atoms with E-state index in [9.17, 15) is 4.79 Å². The molecule has 4 rings (SSSR count). The number of rotatable bonds is 6. The molecule has 0 saturated carbocycles. The number of aromatic nitrogens is 3. The second kappa shape index (κ2) is 7.84. The lowest BCUT2D eigenvalue weighted by Crippen LogP contribution is -2.24. The molecule has 0 fully saturated rings. The average molecular weight is 372 g/mol. The monoisotopic (exact) mass is 372 g/mol. The second-order valence-corrected chi connectivity index (χ2v) is 6.25.